The lowest BCUT2D eigenvalue weighted by Crippen LogP contribution is -2.53. The van der Waals surface area contributed by atoms with Gasteiger partial charge in [0.15, 0.2) is 0 Å². The highest BCUT2D eigenvalue weighted by Gasteiger charge is 2.29. The lowest BCUT2D eigenvalue weighted by atomic mass is 10.1. The fraction of sp³-hybridized carbons (Fsp3) is 0.391. The van der Waals surface area contributed by atoms with E-state index in [0.717, 1.165) is 16.1 Å². The van der Waals surface area contributed by atoms with Crippen molar-refractivity contribution in [3.05, 3.63) is 65.2 Å². The normalized spacial score (nSPS) is 12.3. The summed E-state index contributed by atoms with van der Waals surface area (Å²) < 4.78 is 25.9. The standard InChI is InChI=1S/C23H30ClN3O4S/c1-17(2)25-23(29)18(3)26(15-14-19-8-6-5-7-9-19)22(28)16-27(32(4,30)31)21-12-10-20(24)11-13-21/h5-13,17-18H,14-16H2,1-4H3,(H,25,29)/t18-/m0/s1. The molecule has 1 atom stereocenters. The Hall–Kier alpha value is -2.58. The van der Waals surface area contributed by atoms with Gasteiger partial charge in [0, 0.05) is 17.6 Å². The summed E-state index contributed by atoms with van der Waals surface area (Å²) in [6, 6.07) is 15.0. The molecule has 0 fully saturated rings. The summed E-state index contributed by atoms with van der Waals surface area (Å²) >= 11 is 5.92. The average Bonchev–Trinajstić information content (AvgIpc) is 2.72. The first-order valence-electron chi connectivity index (χ1n) is 10.4. The fourth-order valence-electron chi connectivity index (χ4n) is 3.20. The van der Waals surface area contributed by atoms with Crippen LogP contribution >= 0.6 is 11.6 Å². The van der Waals surface area contributed by atoms with Crippen molar-refractivity contribution in [3.63, 3.8) is 0 Å². The van der Waals surface area contributed by atoms with Crippen LogP contribution in [0, 0.1) is 0 Å². The molecule has 0 spiro atoms. The Morgan fingerprint density at radius 3 is 2.12 bits per heavy atom. The zero-order valence-corrected chi connectivity index (χ0v) is 20.4. The number of nitrogens with zero attached hydrogens (tertiary/aromatic N) is 2. The Balaban J connectivity index is 2.29. The van der Waals surface area contributed by atoms with E-state index in [2.05, 4.69) is 5.32 Å². The Bertz CT molecular complexity index is 1010. The molecule has 9 heteroatoms. The lowest BCUT2D eigenvalue weighted by molar-refractivity contribution is -0.139. The van der Waals surface area contributed by atoms with E-state index in [-0.39, 0.29) is 18.5 Å². The Labute approximate surface area is 195 Å². The van der Waals surface area contributed by atoms with Crippen LogP contribution in [-0.2, 0) is 26.0 Å². The van der Waals surface area contributed by atoms with Gasteiger partial charge in [-0.1, -0.05) is 41.9 Å². The third-order valence-electron chi connectivity index (χ3n) is 4.88. The number of benzene rings is 2. The minimum atomic E-state index is -3.75. The summed E-state index contributed by atoms with van der Waals surface area (Å²) in [5, 5.41) is 3.27. The molecule has 0 saturated heterocycles. The molecule has 2 aromatic rings. The van der Waals surface area contributed by atoms with Crippen molar-refractivity contribution in [2.45, 2.75) is 39.3 Å². The molecular weight excluding hydrogens is 450 g/mol. The molecule has 32 heavy (non-hydrogen) atoms. The molecule has 0 aromatic heterocycles. The zero-order chi connectivity index (χ0) is 23.9. The van der Waals surface area contributed by atoms with Gasteiger partial charge in [-0.3, -0.25) is 13.9 Å². The first kappa shape index (κ1) is 25.7. The predicted molar refractivity (Wildman–Crippen MR) is 128 cm³/mol. The Kier molecular flexibility index (Phi) is 9.09. The van der Waals surface area contributed by atoms with Crippen molar-refractivity contribution in [3.8, 4) is 0 Å². The summed E-state index contributed by atoms with van der Waals surface area (Å²) in [7, 11) is -3.75. The van der Waals surface area contributed by atoms with Crippen molar-refractivity contribution >= 4 is 39.1 Å². The van der Waals surface area contributed by atoms with Crippen LogP contribution in [0.4, 0.5) is 5.69 Å². The van der Waals surface area contributed by atoms with E-state index in [1.54, 1.807) is 31.2 Å². The van der Waals surface area contributed by atoms with Gasteiger partial charge in [-0.15, -0.1) is 0 Å². The number of carbonyl (C=O) groups is 2. The second-order valence-electron chi connectivity index (χ2n) is 7.91. The lowest BCUT2D eigenvalue weighted by Gasteiger charge is -2.31. The van der Waals surface area contributed by atoms with Gasteiger partial charge >= 0.3 is 0 Å². The molecule has 2 aromatic carbocycles. The van der Waals surface area contributed by atoms with E-state index < -0.39 is 28.5 Å². The minimum Gasteiger partial charge on any atom is -0.352 e. The number of hydrogen-bond acceptors (Lipinski definition) is 4. The predicted octanol–water partition coefficient (Wildman–Crippen LogP) is 3.09. The molecule has 0 heterocycles. The highest BCUT2D eigenvalue weighted by Crippen LogP contribution is 2.21. The van der Waals surface area contributed by atoms with E-state index in [1.165, 1.54) is 4.90 Å². The highest BCUT2D eigenvalue weighted by atomic mass is 35.5. The van der Waals surface area contributed by atoms with Gasteiger partial charge < -0.3 is 10.2 Å². The molecule has 0 saturated carbocycles. The van der Waals surface area contributed by atoms with Crippen LogP contribution in [0.25, 0.3) is 0 Å². The molecule has 0 aliphatic rings. The van der Waals surface area contributed by atoms with E-state index in [4.69, 9.17) is 11.6 Å². The van der Waals surface area contributed by atoms with Gasteiger partial charge in [0.1, 0.15) is 12.6 Å². The summed E-state index contributed by atoms with van der Waals surface area (Å²) in [4.78, 5) is 27.4. The molecule has 174 valence electrons. The van der Waals surface area contributed by atoms with E-state index >= 15 is 0 Å². The number of hydrogen-bond donors (Lipinski definition) is 1. The van der Waals surface area contributed by atoms with Crippen LogP contribution in [0.1, 0.15) is 26.3 Å². The van der Waals surface area contributed by atoms with Crippen LogP contribution in [0.15, 0.2) is 54.6 Å². The number of amides is 2. The van der Waals surface area contributed by atoms with E-state index in [9.17, 15) is 18.0 Å². The van der Waals surface area contributed by atoms with Crippen molar-refractivity contribution < 1.29 is 18.0 Å². The second kappa shape index (κ2) is 11.3. The average molecular weight is 480 g/mol. The first-order valence-corrected chi connectivity index (χ1v) is 12.6. The quantitative estimate of drug-likeness (QED) is 0.567. The number of nitrogens with one attached hydrogen (secondary N) is 1. The van der Waals surface area contributed by atoms with Crippen molar-refractivity contribution in [2.24, 2.45) is 0 Å². The maximum atomic E-state index is 13.3. The molecule has 2 rings (SSSR count). The van der Waals surface area contributed by atoms with Crippen molar-refractivity contribution in [2.75, 3.05) is 23.7 Å². The van der Waals surface area contributed by atoms with Crippen LogP contribution in [0.3, 0.4) is 0 Å². The monoisotopic (exact) mass is 479 g/mol. The third kappa shape index (κ3) is 7.53. The fourth-order valence-corrected chi connectivity index (χ4v) is 4.17. The smallest absolute Gasteiger partial charge is 0.244 e. The summed E-state index contributed by atoms with van der Waals surface area (Å²) in [6.07, 6.45) is 1.57. The molecule has 0 radical (unpaired) electrons. The SMILES string of the molecule is CC(C)NC(=O)[C@H](C)N(CCc1ccccc1)C(=O)CN(c1ccc(Cl)cc1)S(C)(=O)=O. The number of halogens is 1. The van der Waals surface area contributed by atoms with E-state index in [1.807, 2.05) is 44.2 Å². The molecule has 0 aliphatic heterocycles. The van der Waals surface area contributed by atoms with Crippen molar-refractivity contribution in [1.29, 1.82) is 0 Å². The van der Waals surface area contributed by atoms with Gasteiger partial charge in [-0.25, -0.2) is 8.42 Å². The summed E-state index contributed by atoms with van der Waals surface area (Å²) in [5.41, 5.74) is 1.34. The summed E-state index contributed by atoms with van der Waals surface area (Å²) in [6.45, 7) is 5.18. The molecule has 0 aliphatic carbocycles. The van der Waals surface area contributed by atoms with Crippen molar-refractivity contribution in [1.82, 2.24) is 10.2 Å². The van der Waals surface area contributed by atoms with E-state index in [0.29, 0.717) is 17.1 Å². The van der Waals surface area contributed by atoms with Gasteiger partial charge in [-0.05, 0) is 57.0 Å². The minimum absolute atomic E-state index is 0.0855. The number of anilines is 1. The Morgan fingerprint density at radius 2 is 1.59 bits per heavy atom. The number of sulfonamides is 1. The maximum absolute atomic E-state index is 13.3. The van der Waals surface area contributed by atoms with Gasteiger partial charge in [0.05, 0.1) is 11.9 Å². The highest BCUT2D eigenvalue weighted by molar-refractivity contribution is 7.92. The Morgan fingerprint density at radius 1 is 1.00 bits per heavy atom. The van der Waals surface area contributed by atoms with Gasteiger partial charge in [0.2, 0.25) is 21.8 Å². The second-order valence-corrected chi connectivity index (χ2v) is 10.3. The maximum Gasteiger partial charge on any atom is 0.244 e. The zero-order valence-electron chi connectivity index (χ0n) is 18.8. The van der Waals surface area contributed by atoms with Crippen LogP contribution < -0.4 is 9.62 Å². The van der Waals surface area contributed by atoms with Gasteiger partial charge in [-0.2, -0.15) is 0 Å². The molecule has 7 nitrogen and oxygen atoms in total. The molecular formula is C23H30ClN3O4S. The molecule has 0 unspecified atom stereocenters. The molecule has 2 amide bonds. The van der Waals surface area contributed by atoms with Gasteiger partial charge in [0.25, 0.3) is 0 Å². The molecule has 0 bridgehead atoms. The van der Waals surface area contributed by atoms with Crippen LogP contribution in [0.2, 0.25) is 5.02 Å². The van der Waals surface area contributed by atoms with Crippen LogP contribution in [-0.4, -0.2) is 56.6 Å². The summed E-state index contributed by atoms with van der Waals surface area (Å²) in [5.74, 6) is -0.758. The van der Waals surface area contributed by atoms with Crippen LogP contribution in [0.5, 0.6) is 0 Å². The first-order chi connectivity index (χ1) is 15.0. The third-order valence-corrected chi connectivity index (χ3v) is 6.27. The number of carbonyl (C=O) groups excluding carboxylic acids is 2. The largest absolute Gasteiger partial charge is 0.352 e. The topological polar surface area (TPSA) is 86.8 Å². The number of rotatable bonds is 10. The molecule has 1 N–H and O–H groups in total.